The minimum atomic E-state index is -3.39. The number of para-hydroxylation sites is 1. The molecule has 0 bridgehead atoms. The van der Waals surface area contributed by atoms with E-state index in [4.69, 9.17) is 0 Å². The zero-order valence-corrected chi connectivity index (χ0v) is 13.7. The maximum atomic E-state index is 12.5. The van der Waals surface area contributed by atoms with Crippen molar-refractivity contribution in [3.05, 3.63) is 54.1 Å². The lowest BCUT2D eigenvalue weighted by Gasteiger charge is -2.04. The Morgan fingerprint density at radius 2 is 1.88 bits per heavy atom. The molecule has 3 aromatic rings. The summed E-state index contributed by atoms with van der Waals surface area (Å²) in [7, 11) is -3.39. The highest BCUT2D eigenvalue weighted by Crippen LogP contribution is 2.34. The standard InChI is InChI=1S/C15H16N6O2S/c22-24(23,11-15-16-18-19-21(15)14-6-7-14)10-12-8-9-20(17-12)13-4-2-1-3-5-13/h1-5,8-9,14H,6-7,10-11H2. The van der Waals surface area contributed by atoms with Gasteiger partial charge in [0.15, 0.2) is 15.7 Å². The molecule has 2 aromatic heterocycles. The molecule has 1 saturated carbocycles. The monoisotopic (exact) mass is 344 g/mol. The van der Waals surface area contributed by atoms with Gasteiger partial charge in [-0.1, -0.05) is 18.2 Å². The van der Waals surface area contributed by atoms with Gasteiger partial charge in [0.1, 0.15) is 5.75 Å². The highest BCUT2D eigenvalue weighted by molar-refractivity contribution is 7.89. The molecule has 1 aliphatic rings. The first-order valence-electron chi connectivity index (χ1n) is 7.68. The quantitative estimate of drug-likeness (QED) is 0.669. The van der Waals surface area contributed by atoms with Crippen LogP contribution in [0.4, 0.5) is 0 Å². The second-order valence-electron chi connectivity index (χ2n) is 5.89. The van der Waals surface area contributed by atoms with E-state index in [-0.39, 0.29) is 17.5 Å². The lowest BCUT2D eigenvalue weighted by molar-refractivity contribution is 0.573. The third-order valence-electron chi connectivity index (χ3n) is 3.84. The minimum Gasteiger partial charge on any atom is -0.241 e. The largest absolute Gasteiger partial charge is 0.241 e. The smallest absolute Gasteiger partial charge is 0.166 e. The van der Waals surface area contributed by atoms with Crippen LogP contribution in [-0.2, 0) is 21.3 Å². The van der Waals surface area contributed by atoms with Gasteiger partial charge in [-0.3, -0.25) is 0 Å². The Bertz CT molecular complexity index is 943. The zero-order chi connectivity index (χ0) is 16.6. The van der Waals surface area contributed by atoms with Gasteiger partial charge < -0.3 is 0 Å². The Balaban J connectivity index is 1.50. The predicted octanol–water partition coefficient (Wildman–Crippen LogP) is 1.31. The van der Waals surface area contributed by atoms with Crippen LogP contribution >= 0.6 is 0 Å². The van der Waals surface area contributed by atoms with Crippen molar-refractivity contribution in [2.24, 2.45) is 0 Å². The lowest BCUT2D eigenvalue weighted by atomic mass is 10.3. The van der Waals surface area contributed by atoms with E-state index in [1.807, 2.05) is 30.3 Å². The van der Waals surface area contributed by atoms with Crippen LogP contribution in [-0.4, -0.2) is 38.4 Å². The summed E-state index contributed by atoms with van der Waals surface area (Å²) in [5, 5.41) is 15.7. The Hall–Kier alpha value is -2.55. The van der Waals surface area contributed by atoms with Crippen LogP contribution < -0.4 is 0 Å². The van der Waals surface area contributed by atoms with Gasteiger partial charge >= 0.3 is 0 Å². The number of tetrazole rings is 1. The van der Waals surface area contributed by atoms with Gasteiger partial charge in [-0.2, -0.15) is 5.10 Å². The summed E-state index contributed by atoms with van der Waals surface area (Å²) < 4.78 is 28.2. The molecule has 8 nitrogen and oxygen atoms in total. The maximum absolute atomic E-state index is 12.5. The van der Waals surface area contributed by atoms with Crippen molar-refractivity contribution in [2.45, 2.75) is 30.4 Å². The second kappa shape index (κ2) is 5.82. The molecule has 0 radical (unpaired) electrons. The van der Waals surface area contributed by atoms with Crippen LogP contribution in [0.3, 0.4) is 0 Å². The number of nitrogens with zero attached hydrogens (tertiary/aromatic N) is 6. The summed E-state index contributed by atoms with van der Waals surface area (Å²) in [5.74, 6) is 0.0963. The summed E-state index contributed by atoms with van der Waals surface area (Å²) in [5.41, 5.74) is 1.39. The molecule has 0 amide bonds. The van der Waals surface area contributed by atoms with E-state index in [9.17, 15) is 8.42 Å². The molecule has 0 aliphatic heterocycles. The number of rotatable bonds is 6. The Kier molecular flexibility index (Phi) is 3.64. The van der Waals surface area contributed by atoms with Gasteiger partial charge in [-0.15, -0.1) is 5.10 Å². The van der Waals surface area contributed by atoms with E-state index in [0.717, 1.165) is 18.5 Å². The number of hydrogen-bond donors (Lipinski definition) is 0. The Labute approximate surface area is 139 Å². The highest BCUT2D eigenvalue weighted by Gasteiger charge is 2.29. The van der Waals surface area contributed by atoms with Crippen LogP contribution in [0.25, 0.3) is 5.69 Å². The molecular formula is C15H16N6O2S. The second-order valence-corrected chi connectivity index (χ2v) is 7.95. The van der Waals surface area contributed by atoms with Crippen molar-refractivity contribution in [1.29, 1.82) is 0 Å². The molecule has 9 heteroatoms. The van der Waals surface area contributed by atoms with Crippen LogP contribution in [0, 0.1) is 0 Å². The fourth-order valence-corrected chi connectivity index (χ4v) is 3.84. The molecule has 124 valence electrons. The third-order valence-corrected chi connectivity index (χ3v) is 5.27. The number of hydrogen-bond acceptors (Lipinski definition) is 6. The molecule has 0 N–H and O–H groups in total. The molecule has 1 fully saturated rings. The first kappa shape index (κ1) is 15.0. The lowest BCUT2D eigenvalue weighted by Crippen LogP contribution is -2.13. The summed E-state index contributed by atoms with van der Waals surface area (Å²) in [6.07, 6.45) is 3.76. The fourth-order valence-electron chi connectivity index (χ4n) is 2.55. The molecule has 4 rings (SSSR count). The molecule has 0 unspecified atom stereocenters. The summed E-state index contributed by atoms with van der Waals surface area (Å²) in [6.45, 7) is 0. The SMILES string of the molecule is O=S(=O)(Cc1ccn(-c2ccccc2)n1)Cc1nnnn1C1CC1. The van der Waals surface area contributed by atoms with E-state index >= 15 is 0 Å². The van der Waals surface area contributed by atoms with E-state index in [2.05, 4.69) is 20.6 Å². The van der Waals surface area contributed by atoms with Crippen LogP contribution in [0.2, 0.25) is 0 Å². The average molecular weight is 344 g/mol. The summed E-state index contributed by atoms with van der Waals surface area (Å²) in [6, 6.07) is 11.5. The number of benzene rings is 1. The van der Waals surface area contributed by atoms with Gasteiger partial charge in [0, 0.05) is 6.20 Å². The van der Waals surface area contributed by atoms with Gasteiger partial charge in [-0.25, -0.2) is 17.8 Å². The highest BCUT2D eigenvalue weighted by atomic mass is 32.2. The topological polar surface area (TPSA) is 95.6 Å². The first-order valence-corrected chi connectivity index (χ1v) is 9.50. The summed E-state index contributed by atoms with van der Waals surface area (Å²) in [4.78, 5) is 0. The summed E-state index contributed by atoms with van der Waals surface area (Å²) >= 11 is 0. The minimum absolute atomic E-state index is 0.135. The zero-order valence-electron chi connectivity index (χ0n) is 12.9. The van der Waals surface area contributed by atoms with Crippen molar-refractivity contribution in [3.8, 4) is 5.69 Å². The average Bonchev–Trinajstić information content (AvgIpc) is 3.14. The van der Waals surface area contributed by atoms with E-state index in [1.165, 1.54) is 0 Å². The van der Waals surface area contributed by atoms with Gasteiger partial charge in [0.25, 0.3) is 0 Å². The van der Waals surface area contributed by atoms with Crippen LogP contribution in [0.5, 0.6) is 0 Å². The van der Waals surface area contributed by atoms with Gasteiger partial charge in [-0.05, 0) is 41.5 Å². The van der Waals surface area contributed by atoms with E-state index < -0.39 is 9.84 Å². The molecule has 0 spiro atoms. The van der Waals surface area contributed by atoms with Gasteiger partial charge in [0.2, 0.25) is 0 Å². The van der Waals surface area contributed by atoms with Crippen molar-refractivity contribution in [1.82, 2.24) is 30.0 Å². The predicted molar refractivity (Wildman–Crippen MR) is 86.0 cm³/mol. The van der Waals surface area contributed by atoms with Crippen LogP contribution in [0.1, 0.15) is 30.4 Å². The fraction of sp³-hybridized carbons (Fsp3) is 0.333. The van der Waals surface area contributed by atoms with E-state index in [1.54, 1.807) is 21.6 Å². The number of sulfone groups is 1. The molecule has 2 heterocycles. The molecule has 0 saturated heterocycles. The molecule has 24 heavy (non-hydrogen) atoms. The van der Waals surface area contributed by atoms with Gasteiger partial charge in [0.05, 0.1) is 23.2 Å². The molecule has 1 aliphatic carbocycles. The maximum Gasteiger partial charge on any atom is 0.166 e. The van der Waals surface area contributed by atoms with Crippen molar-refractivity contribution in [3.63, 3.8) is 0 Å². The molecule has 1 aromatic carbocycles. The first-order chi connectivity index (χ1) is 11.6. The molecular weight excluding hydrogens is 328 g/mol. The van der Waals surface area contributed by atoms with Crippen molar-refractivity contribution < 1.29 is 8.42 Å². The number of aromatic nitrogens is 6. The van der Waals surface area contributed by atoms with Crippen molar-refractivity contribution >= 4 is 9.84 Å². The van der Waals surface area contributed by atoms with Crippen molar-refractivity contribution in [2.75, 3.05) is 0 Å². The third kappa shape index (κ3) is 3.21. The Morgan fingerprint density at radius 3 is 2.62 bits per heavy atom. The van der Waals surface area contributed by atoms with E-state index in [0.29, 0.717) is 11.5 Å². The van der Waals surface area contributed by atoms with Crippen LogP contribution in [0.15, 0.2) is 42.6 Å². The normalized spacial score (nSPS) is 14.8. The molecule has 0 atom stereocenters. The Morgan fingerprint density at radius 1 is 1.08 bits per heavy atom.